The molecule has 0 bridgehead atoms. The van der Waals surface area contributed by atoms with Crippen molar-refractivity contribution >= 4 is 17.7 Å². The number of carbonyl (C=O) groups excluding carboxylic acids is 1. The molecule has 1 amide bonds. The van der Waals surface area contributed by atoms with E-state index in [1.54, 1.807) is 0 Å². The molecule has 0 aliphatic heterocycles. The summed E-state index contributed by atoms with van der Waals surface area (Å²) >= 11 is 1.41. The summed E-state index contributed by atoms with van der Waals surface area (Å²) in [5.41, 5.74) is 2.48. The zero-order valence-corrected chi connectivity index (χ0v) is 16.4. The Balaban J connectivity index is 1.54. The largest absolute Gasteiger partial charge is 0.355 e. The first-order valence-corrected chi connectivity index (χ1v) is 10.4. The molecule has 0 radical (unpaired) electrons. The fourth-order valence-electron chi connectivity index (χ4n) is 3.17. The van der Waals surface area contributed by atoms with Gasteiger partial charge < -0.3 is 5.32 Å². The Labute approximate surface area is 165 Å². The van der Waals surface area contributed by atoms with E-state index in [2.05, 4.69) is 28.2 Å². The lowest BCUT2D eigenvalue weighted by Crippen LogP contribution is -2.26. The van der Waals surface area contributed by atoms with Crippen molar-refractivity contribution in [2.24, 2.45) is 0 Å². The highest BCUT2D eigenvalue weighted by molar-refractivity contribution is 7.99. The molecule has 0 saturated heterocycles. The van der Waals surface area contributed by atoms with Crippen LogP contribution in [0.1, 0.15) is 32.1 Å². The van der Waals surface area contributed by atoms with E-state index in [9.17, 15) is 4.79 Å². The Morgan fingerprint density at radius 2 is 2.11 bits per heavy atom. The van der Waals surface area contributed by atoms with Gasteiger partial charge in [-0.15, -0.1) is 16.8 Å². The maximum absolute atomic E-state index is 12.2. The molecule has 2 aromatic rings. The number of hydrogen-bond acceptors (Lipinski definition) is 4. The van der Waals surface area contributed by atoms with Crippen molar-refractivity contribution in [1.29, 1.82) is 0 Å². The van der Waals surface area contributed by atoms with Crippen LogP contribution in [0.25, 0.3) is 11.4 Å². The summed E-state index contributed by atoms with van der Waals surface area (Å²) in [4.78, 5) is 12.2. The van der Waals surface area contributed by atoms with Gasteiger partial charge in [0.2, 0.25) is 5.91 Å². The van der Waals surface area contributed by atoms with Crippen molar-refractivity contribution in [3.63, 3.8) is 0 Å². The molecule has 3 rings (SSSR count). The minimum absolute atomic E-state index is 0.0332. The van der Waals surface area contributed by atoms with Gasteiger partial charge in [-0.1, -0.05) is 59.8 Å². The Hall–Kier alpha value is -2.34. The van der Waals surface area contributed by atoms with Crippen molar-refractivity contribution in [2.45, 2.75) is 43.8 Å². The highest BCUT2D eigenvalue weighted by Gasteiger charge is 2.14. The van der Waals surface area contributed by atoms with Crippen molar-refractivity contribution < 1.29 is 4.79 Å². The van der Waals surface area contributed by atoms with Gasteiger partial charge in [-0.3, -0.25) is 9.36 Å². The van der Waals surface area contributed by atoms with Crippen LogP contribution in [0.5, 0.6) is 0 Å². The third-order valence-corrected chi connectivity index (χ3v) is 5.51. The number of hydrogen-bond donors (Lipinski definition) is 1. The van der Waals surface area contributed by atoms with Gasteiger partial charge >= 0.3 is 0 Å². The Morgan fingerprint density at radius 1 is 1.26 bits per heavy atom. The summed E-state index contributed by atoms with van der Waals surface area (Å²) < 4.78 is 1.99. The second kappa shape index (κ2) is 10.1. The average Bonchev–Trinajstić information content (AvgIpc) is 3.11. The summed E-state index contributed by atoms with van der Waals surface area (Å²) in [6, 6.07) is 9.94. The Morgan fingerprint density at radius 3 is 2.85 bits per heavy atom. The van der Waals surface area contributed by atoms with E-state index >= 15 is 0 Å². The van der Waals surface area contributed by atoms with Crippen LogP contribution in [0.3, 0.4) is 0 Å². The number of rotatable bonds is 9. The number of carbonyl (C=O) groups is 1. The van der Waals surface area contributed by atoms with E-state index in [4.69, 9.17) is 0 Å². The number of benzene rings is 1. The van der Waals surface area contributed by atoms with Crippen LogP contribution in [0.15, 0.2) is 59.8 Å². The average molecular weight is 383 g/mol. The number of amides is 1. The van der Waals surface area contributed by atoms with Crippen LogP contribution < -0.4 is 5.32 Å². The Kier molecular flexibility index (Phi) is 7.27. The van der Waals surface area contributed by atoms with E-state index in [1.807, 2.05) is 41.0 Å². The molecule has 0 fully saturated rings. The standard InChI is InChI=1S/C21H26N4OS/c1-2-15-25-20(18-11-7-4-8-12-18)23-24-21(25)27-16-19(26)22-14-13-17-9-5-3-6-10-17/h2,4,7-9,11-12H,1,3,5-6,10,13-16H2,(H,22,26). The molecule has 5 nitrogen and oxygen atoms in total. The van der Waals surface area contributed by atoms with Crippen LogP contribution in [0, 0.1) is 0 Å². The van der Waals surface area contributed by atoms with Gasteiger partial charge in [0, 0.05) is 18.7 Å². The van der Waals surface area contributed by atoms with Crippen LogP contribution in [-0.4, -0.2) is 33.0 Å². The number of aromatic nitrogens is 3. The second-order valence-electron chi connectivity index (χ2n) is 6.57. The summed E-state index contributed by atoms with van der Waals surface area (Å²) in [6.45, 7) is 5.14. The van der Waals surface area contributed by atoms with Crippen LogP contribution in [-0.2, 0) is 11.3 Å². The minimum atomic E-state index is 0.0332. The molecule has 1 aliphatic rings. The van der Waals surface area contributed by atoms with Gasteiger partial charge in [-0.2, -0.15) is 0 Å². The molecule has 1 aromatic carbocycles. The minimum Gasteiger partial charge on any atom is -0.355 e. The van der Waals surface area contributed by atoms with Crippen molar-refractivity contribution in [3.8, 4) is 11.4 Å². The summed E-state index contributed by atoms with van der Waals surface area (Å²) in [5.74, 6) is 1.16. The molecule has 142 valence electrons. The number of thioether (sulfide) groups is 1. The lowest BCUT2D eigenvalue weighted by molar-refractivity contribution is -0.118. The third-order valence-electron chi connectivity index (χ3n) is 4.55. The van der Waals surface area contributed by atoms with Crippen molar-refractivity contribution in [1.82, 2.24) is 20.1 Å². The highest BCUT2D eigenvalue weighted by Crippen LogP contribution is 2.24. The highest BCUT2D eigenvalue weighted by atomic mass is 32.2. The fourth-order valence-corrected chi connectivity index (χ4v) is 3.94. The maximum atomic E-state index is 12.2. The van der Waals surface area contributed by atoms with Gasteiger partial charge in [0.05, 0.1) is 5.75 Å². The number of nitrogens with one attached hydrogen (secondary N) is 1. The first kappa shape index (κ1) is 19.4. The topological polar surface area (TPSA) is 59.8 Å². The number of allylic oxidation sites excluding steroid dienone is 2. The van der Waals surface area contributed by atoms with Crippen LogP contribution in [0.2, 0.25) is 0 Å². The van der Waals surface area contributed by atoms with Gasteiger partial charge in [0.1, 0.15) is 0 Å². The van der Waals surface area contributed by atoms with Crippen LogP contribution >= 0.6 is 11.8 Å². The van der Waals surface area contributed by atoms with Crippen LogP contribution in [0.4, 0.5) is 0 Å². The van der Waals surface area contributed by atoms with E-state index in [0.29, 0.717) is 18.8 Å². The zero-order valence-electron chi connectivity index (χ0n) is 15.6. The lowest BCUT2D eigenvalue weighted by atomic mass is 9.97. The SMILES string of the molecule is C=CCn1c(SCC(=O)NCCC2=CCCCC2)nnc1-c1ccccc1. The molecular weight excluding hydrogens is 356 g/mol. The van der Waals surface area contributed by atoms with Gasteiger partial charge in [0.25, 0.3) is 0 Å². The quantitative estimate of drug-likeness (QED) is 0.521. The lowest BCUT2D eigenvalue weighted by Gasteiger charge is -2.13. The first-order chi connectivity index (χ1) is 13.3. The molecule has 0 spiro atoms. The van der Waals surface area contributed by atoms with Gasteiger partial charge in [0.15, 0.2) is 11.0 Å². The third kappa shape index (κ3) is 5.57. The molecule has 27 heavy (non-hydrogen) atoms. The Bertz CT molecular complexity index is 798. The summed E-state index contributed by atoms with van der Waals surface area (Å²) in [5, 5.41) is 12.3. The first-order valence-electron chi connectivity index (χ1n) is 9.45. The molecule has 1 aromatic heterocycles. The van der Waals surface area contributed by atoms with Gasteiger partial charge in [-0.25, -0.2) is 0 Å². The predicted molar refractivity (Wildman–Crippen MR) is 111 cm³/mol. The summed E-state index contributed by atoms with van der Waals surface area (Å²) in [6.07, 6.45) is 10.0. The van der Waals surface area contributed by atoms with E-state index in [-0.39, 0.29) is 5.91 Å². The molecule has 0 saturated carbocycles. The van der Waals surface area contributed by atoms with E-state index in [0.717, 1.165) is 23.0 Å². The molecule has 0 unspecified atom stereocenters. The van der Waals surface area contributed by atoms with Crippen molar-refractivity contribution in [2.75, 3.05) is 12.3 Å². The van der Waals surface area contributed by atoms with E-state index < -0.39 is 0 Å². The smallest absolute Gasteiger partial charge is 0.230 e. The molecule has 1 heterocycles. The molecule has 1 N–H and O–H groups in total. The normalized spacial score (nSPS) is 13.9. The number of nitrogens with zero attached hydrogens (tertiary/aromatic N) is 3. The zero-order chi connectivity index (χ0) is 18.9. The molecule has 6 heteroatoms. The molecule has 0 atom stereocenters. The fraction of sp³-hybridized carbons (Fsp3) is 0.381. The van der Waals surface area contributed by atoms with Gasteiger partial charge in [-0.05, 0) is 32.1 Å². The molecule has 1 aliphatic carbocycles. The second-order valence-corrected chi connectivity index (χ2v) is 7.51. The molecular formula is C21H26N4OS. The monoisotopic (exact) mass is 382 g/mol. The van der Waals surface area contributed by atoms with E-state index in [1.165, 1.54) is 43.0 Å². The summed E-state index contributed by atoms with van der Waals surface area (Å²) in [7, 11) is 0. The predicted octanol–water partition coefficient (Wildman–Crippen LogP) is 4.23. The maximum Gasteiger partial charge on any atom is 0.230 e. The van der Waals surface area contributed by atoms with Crippen molar-refractivity contribution in [3.05, 3.63) is 54.6 Å².